The van der Waals surface area contributed by atoms with Gasteiger partial charge in [-0.3, -0.25) is 4.79 Å². The number of imidazole rings is 1. The lowest BCUT2D eigenvalue weighted by Gasteiger charge is -2.24. The first kappa shape index (κ1) is 18.7. The highest BCUT2D eigenvalue weighted by molar-refractivity contribution is 5.75. The zero-order valence-corrected chi connectivity index (χ0v) is 16.7. The number of fused-ring (bicyclic) bond motifs is 3. The molecule has 2 heterocycles. The van der Waals surface area contributed by atoms with Crippen molar-refractivity contribution in [2.24, 2.45) is 23.2 Å². The molecular formula is C22H33N3O2. The predicted octanol–water partition coefficient (Wildman–Crippen LogP) is 3.57. The van der Waals surface area contributed by atoms with E-state index < -0.39 is 0 Å². The van der Waals surface area contributed by atoms with Crippen LogP contribution in [0.25, 0.3) is 0 Å². The van der Waals surface area contributed by atoms with E-state index in [-0.39, 0.29) is 18.0 Å². The molecule has 1 saturated heterocycles. The number of nitrogens with one attached hydrogen (secondary N) is 1. The lowest BCUT2D eigenvalue weighted by molar-refractivity contribution is -0.145. The lowest BCUT2D eigenvalue weighted by atomic mass is 9.80. The Morgan fingerprint density at radius 2 is 2.33 bits per heavy atom. The first-order valence-corrected chi connectivity index (χ1v) is 10.6. The van der Waals surface area contributed by atoms with Gasteiger partial charge in [0, 0.05) is 37.3 Å². The van der Waals surface area contributed by atoms with Gasteiger partial charge in [0.05, 0.1) is 12.2 Å². The second kappa shape index (κ2) is 7.78. The van der Waals surface area contributed by atoms with E-state index in [1.807, 2.05) is 18.7 Å². The number of rotatable bonds is 6. The van der Waals surface area contributed by atoms with Crippen LogP contribution in [0.15, 0.2) is 30.4 Å². The van der Waals surface area contributed by atoms with Crippen molar-refractivity contribution in [1.29, 1.82) is 0 Å². The van der Waals surface area contributed by atoms with Gasteiger partial charge in [0.1, 0.15) is 6.10 Å². The van der Waals surface area contributed by atoms with E-state index in [1.165, 1.54) is 24.8 Å². The first-order chi connectivity index (χ1) is 13.1. The van der Waals surface area contributed by atoms with Gasteiger partial charge in [-0.2, -0.15) is 0 Å². The van der Waals surface area contributed by atoms with E-state index in [0.29, 0.717) is 17.3 Å². The number of carbonyl (C=O) groups is 1. The molecule has 2 aliphatic carbocycles. The van der Waals surface area contributed by atoms with Crippen LogP contribution < -0.4 is 5.32 Å². The minimum absolute atomic E-state index is 0.0142. The predicted molar refractivity (Wildman–Crippen MR) is 105 cm³/mol. The summed E-state index contributed by atoms with van der Waals surface area (Å²) in [5.41, 5.74) is 1.85. The fourth-order valence-electron chi connectivity index (χ4n) is 5.14. The van der Waals surface area contributed by atoms with E-state index in [9.17, 15) is 4.79 Å². The second-order valence-corrected chi connectivity index (χ2v) is 9.12. The molecule has 0 unspecified atom stereocenters. The molecule has 0 spiro atoms. The van der Waals surface area contributed by atoms with Gasteiger partial charge in [-0.15, -0.1) is 0 Å². The smallest absolute Gasteiger partial charge is 0.310 e. The lowest BCUT2D eigenvalue weighted by Crippen LogP contribution is -2.33. The molecule has 1 saturated carbocycles. The fraction of sp³-hybridized carbons (Fsp3) is 0.727. The molecule has 5 atom stereocenters. The third kappa shape index (κ3) is 4.13. The Bertz CT molecular complexity index is 684. The maximum Gasteiger partial charge on any atom is 0.310 e. The van der Waals surface area contributed by atoms with Gasteiger partial charge in [0.25, 0.3) is 0 Å². The monoisotopic (exact) mass is 371 g/mol. The molecule has 0 amide bonds. The highest BCUT2D eigenvalue weighted by Crippen LogP contribution is 2.61. The van der Waals surface area contributed by atoms with E-state index in [0.717, 1.165) is 38.9 Å². The molecule has 27 heavy (non-hydrogen) atoms. The van der Waals surface area contributed by atoms with Crippen molar-refractivity contribution in [3.05, 3.63) is 30.4 Å². The fourth-order valence-corrected chi connectivity index (χ4v) is 5.14. The number of hydrogen-bond donors (Lipinski definition) is 1. The summed E-state index contributed by atoms with van der Waals surface area (Å²) in [4.78, 5) is 16.7. The first-order valence-electron chi connectivity index (χ1n) is 10.6. The Morgan fingerprint density at radius 3 is 3.15 bits per heavy atom. The van der Waals surface area contributed by atoms with Crippen LogP contribution in [0.3, 0.4) is 0 Å². The maximum absolute atomic E-state index is 12.6. The largest absolute Gasteiger partial charge is 0.461 e. The minimum atomic E-state index is 0.0142. The molecule has 5 nitrogen and oxygen atoms in total. The summed E-state index contributed by atoms with van der Waals surface area (Å²) in [6, 6.07) is 0. The standard InChI is InChI=1S/C22H33N3O2/c1-16-5-3-8-22(2)13-19(22)20-17(7-6-16)18(21(26)27-20)14-23-9-4-11-25-12-10-24-15-25/h5,10,12,15,17-20,23H,3-4,6-9,11,13-14H2,1-2H3/b16-5+/t17-,18-,19-,20-,22-/m0/s1. The van der Waals surface area contributed by atoms with Gasteiger partial charge in [0.2, 0.25) is 0 Å². The van der Waals surface area contributed by atoms with Crippen LogP contribution in [0.1, 0.15) is 52.4 Å². The average Bonchev–Trinajstić information content (AvgIpc) is 2.98. The molecule has 4 rings (SSSR count). The van der Waals surface area contributed by atoms with E-state index in [4.69, 9.17) is 4.74 Å². The van der Waals surface area contributed by atoms with Gasteiger partial charge in [-0.1, -0.05) is 18.6 Å². The summed E-state index contributed by atoms with van der Waals surface area (Å²) in [5.74, 6) is 0.985. The quantitative estimate of drug-likeness (QED) is 0.472. The highest BCUT2D eigenvalue weighted by Gasteiger charge is 2.60. The maximum atomic E-state index is 12.6. The summed E-state index contributed by atoms with van der Waals surface area (Å²) >= 11 is 0. The van der Waals surface area contributed by atoms with Crippen LogP contribution in [0, 0.1) is 23.2 Å². The van der Waals surface area contributed by atoms with Crippen molar-refractivity contribution in [1.82, 2.24) is 14.9 Å². The molecule has 1 aromatic rings. The summed E-state index contributed by atoms with van der Waals surface area (Å²) in [6.45, 7) is 7.24. The van der Waals surface area contributed by atoms with Crippen molar-refractivity contribution in [3.63, 3.8) is 0 Å². The Hall–Kier alpha value is -1.62. The van der Waals surface area contributed by atoms with Crippen LogP contribution in [-0.4, -0.2) is 34.7 Å². The SMILES string of the molecule is C/C1=C\CC[C@@]2(C)C[C@H]2[C@H]2OC(=O)[C@@H](CNCCCn3ccnc3)[C@@H]2CC1. The van der Waals surface area contributed by atoms with Crippen molar-refractivity contribution in [2.75, 3.05) is 13.1 Å². The molecule has 5 heteroatoms. The second-order valence-electron chi connectivity index (χ2n) is 9.12. The normalized spacial score (nSPS) is 37.7. The van der Waals surface area contributed by atoms with E-state index in [1.54, 1.807) is 0 Å². The number of ether oxygens (including phenoxy) is 1. The minimum Gasteiger partial charge on any atom is -0.461 e. The Labute approximate surface area is 162 Å². The van der Waals surface area contributed by atoms with Crippen molar-refractivity contribution in [3.8, 4) is 0 Å². The number of esters is 1. The van der Waals surface area contributed by atoms with Gasteiger partial charge in [-0.25, -0.2) is 4.98 Å². The van der Waals surface area contributed by atoms with Crippen molar-refractivity contribution < 1.29 is 9.53 Å². The molecule has 148 valence electrons. The van der Waals surface area contributed by atoms with Crippen LogP contribution >= 0.6 is 0 Å². The molecule has 1 aliphatic heterocycles. The van der Waals surface area contributed by atoms with Crippen LogP contribution in [-0.2, 0) is 16.1 Å². The Morgan fingerprint density at radius 1 is 1.44 bits per heavy atom. The number of carbonyl (C=O) groups excluding carboxylic acids is 1. The summed E-state index contributed by atoms with van der Waals surface area (Å²) in [6.07, 6.45) is 15.0. The van der Waals surface area contributed by atoms with E-state index >= 15 is 0 Å². The van der Waals surface area contributed by atoms with Crippen molar-refractivity contribution in [2.45, 2.75) is 65.0 Å². The topological polar surface area (TPSA) is 56.1 Å². The number of aryl methyl sites for hydroxylation is 1. The number of nitrogens with zero attached hydrogens (tertiary/aromatic N) is 2. The van der Waals surface area contributed by atoms with E-state index in [2.05, 4.69) is 34.8 Å². The van der Waals surface area contributed by atoms with Gasteiger partial charge in [-0.05, 0) is 57.4 Å². The molecule has 1 aromatic heterocycles. The van der Waals surface area contributed by atoms with Gasteiger partial charge >= 0.3 is 5.97 Å². The van der Waals surface area contributed by atoms with Crippen LogP contribution in [0.4, 0.5) is 0 Å². The highest BCUT2D eigenvalue weighted by atomic mass is 16.6. The van der Waals surface area contributed by atoms with Gasteiger partial charge in [0.15, 0.2) is 0 Å². The molecule has 2 fully saturated rings. The molecule has 0 bridgehead atoms. The zero-order chi connectivity index (χ0) is 18.9. The summed E-state index contributed by atoms with van der Waals surface area (Å²) in [7, 11) is 0. The summed E-state index contributed by atoms with van der Waals surface area (Å²) in [5, 5.41) is 3.52. The molecule has 0 aromatic carbocycles. The third-order valence-electron chi connectivity index (χ3n) is 7.09. The number of allylic oxidation sites excluding steroid dienone is 2. The Balaban J connectivity index is 1.34. The van der Waals surface area contributed by atoms with Crippen molar-refractivity contribution >= 4 is 5.97 Å². The average molecular weight is 372 g/mol. The van der Waals surface area contributed by atoms with Crippen LogP contribution in [0.5, 0.6) is 0 Å². The zero-order valence-electron chi connectivity index (χ0n) is 16.7. The summed E-state index contributed by atoms with van der Waals surface area (Å²) < 4.78 is 8.06. The van der Waals surface area contributed by atoms with Crippen LogP contribution in [0.2, 0.25) is 0 Å². The molecule has 0 radical (unpaired) electrons. The molecule has 3 aliphatic rings. The molecular weight excluding hydrogens is 338 g/mol. The number of hydrogen-bond acceptors (Lipinski definition) is 4. The Kier molecular flexibility index (Phi) is 5.40. The number of aromatic nitrogens is 2. The molecule has 1 N–H and O–H groups in total. The third-order valence-corrected chi connectivity index (χ3v) is 7.09. The van der Waals surface area contributed by atoms with Gasteiger partial charge < -0.3 is 14.6 Å².